The van der Waals surface area contributed by atoms with Crippen molar-refractivity contribution in [3.63, 3.8) is 0 Å². The third-order valence-corrected chi connectivity index (χ3v) is 5.12. The van der Waals surface area contributed by atoms with E-state index in [9.17, 15) is 12.8 Å². The van der Waals surface area contributed by atoms with E-state index in [1.807, 2.05) is 6.92 Å². The molecular weight excluding hydrogens is 319 g/mol. The summed E-state index contributed by atoms with van der Waals surface area (Å²) >= 11 is 0. The second-order valence-corrected chi connectivity index (χ2v) is 7.22. The molecule has 1 fully saturated rings. The van der Waals surface area contributed by atoms with Gasteiger partial charge in [0, 0.05) is 12.8 Å². The molecule has 4 nitrogen and oxygen atoms in total. The van der Waals surface area contributed by atoms with Crippen molar-refractivity contribution in [1.82, 2.24) is 0 Å². The molecule has 0 aliphatic heterocycles. The Morgan fingerprint density at radius 2 is 1.57 bits per heavy atom. The third-order valence-electron chi connectivity index (χ3n) is 3.74. The molecule has 1 aliphatic rings. The van der Waals surface area contributed by atoms with Crippen molar-refractivity contribution < 1.29 is 21.7 Å². The van der Waals surface area contributed by atoms with E-state index in [0.717, 1.165) is 5.56 Å². The van der Waals surface area contributed by atoms with Crippen molar-refractivity contribution in [2.75, 3.05) is 0 Å². The lowest BCUT2D eigenvalue weighted by atomic mass is 9.92. The first-order valence-corrected chi connectivity index (χ1v) is 8.75. The van der Waals surface area contributed by atoms with Gasteiger partial charge in [-0.1, -0.05) is 17.7 Å². The van der Waals surface area contributed by atoms with E-state index in [2.05, 4.69) is 0 Å². The maximum Gasteiger partial charge on any atom is 0.297 e. The van der Waals surface area contributed by atoms with Crippen molar-refractivity contribution in [2.45, 2.75) is 36.9 Å². The number of halogens is 1. The Kier molecular flexibility index (Phi) is 4.37. The summed E-state index contributed by atoms with van der Waals surface area (Å²) in [6.07, 6.45) is 0.482. The molecule has 0 bridgehead atoms. The maximum absolute atomic E-state index is 12.8. The molecule has 1 saturated carbocycles. The van der Waals surface area contributed by atoms with Gasteiger partial charge in [0.1, 0.15) is 17.7 Å². The molecule has 0 aromatic heterocycles. The van der Waals surface area contributed by atoms with Gasteiger partial charge < -0.3 is 4.74 Å². The van der Waals surface area contributed by atoms with Gasteiger partial charge in [-0.15, -0.1) is 0 Å². The van der Waals surface area contributed by atoms with Gasteiger partial charge >= 0.3 is 0 Å². The van der Waals surface area contributed by atoms with Crippen LogP contribution in [0.3, 0.4) is 0 Å². The molecular formula is C17H17FO4S. The van der Waals surface area contributed by atoms with Crippen molar-refractivity contribution in [3.8, 4) is 5.75 Å². The SMILES string of the molecule is Cc1ccc(S(=O)(=O)OC2CC(Oc3ccc(F)cc3)C2)cc1. The molecule has 0 spiro atoms. The Hall–Kier alpha value is -1.92. The number of benzene rings is 2. The minimum Gasteiger partial charge on any atom is -0.490 e. The lowest BCUT2D eigenvalue weighted by Crippen LogP contribution is -2.40. The Balaban J connectivity index is 1.53. The largest absolute Gasteiger partial charge is 0.490 e. The van der Waals surface area contributed by atoms with Crippen LogP contribution in [0.25, 0.3) is 0 Å². The highest BCUT2D eigenvalue weighted by atomic mass is 32.2. The fraction of sp³-hybridized carbons (Fsp3) is 0.294. The second kappa shape index (κ2) is 6.29. The zero-order valence-electron chi connectivity index (χ0n) is 12.6. The standard InChI is InChI=1S/C17H17FO4S/c1-12-2-8-17(9-3-12)23(19,20)22-16-10-15(11-16)21-14-6-4-13(18)5-7-14/h2-9,15-16H,10-11H2,1H3. The summed E-state index contributed by atoms with van der Waals surface area (Å²) < 4.78 is 47.9. The minimum absolute atomic E-state index is 0.112. The summed E-state index contributed by atoms with van der Waals surface area (Å²) in [6, 6.07) is 12.3. The van der Waals surface area contributed by atoms with Crippen LogP contribution in [-0.2, 0) is 14.3 Å². The predicted octanol–water partition coefficient (Wildman–Crippen LogP) is 3.45. The number of rotatable bonds is 5. The summed E-state index contributed by atoms with van der Waals surface area (Å²) in [7, 11) is -3.74. The highest BCUT2D eigenvalue weighted by Crippen LogP contribution is 2.31. The van der Waals surface area contributed by atoms with Crippen LogP contribution in [0.2, 0.25) is 0 Å². The summed E-state index contributed by atoms with van der Waals surface area (Å²) in [5.74, 6) is 0.243. The van der Waals surface area contributed by atoms with Gasteiger partial charge in [0.2, 0.25) is 0 Å². The fourth-order valence-electron chi connectivity index (χ4n) is 2.34. The van der Waals surface area contributed by atoms with Gasteiger partial charge in [0.15, 0.2) is 0 Å². The van der Waals surface area contributed by atoms with Crippen LogP contribution < -0.4 is 4.74 Å². The lowest BCUT2D eigenvalue weighted by molar-refractivity contribution is 0.00829. The van der Waals surface area contributed by atoms with Crippen LogP contribution in [0.4, 0.5) is 4.39 Å². The van der Waals surface area contributed by atoms with E-state index in [0.29, 0.717) is 18.6 Å². The highest BCUT2D eigenvalue weighted by Gasteiger charge is 2.35. The van der Waals surface area contributed by atoms with Crippen LogP contribution in [0, 0.1) is 12.7 Å². The molecule has 6 heteroatoms. The van der Waals surface area contributed by atoms with Crippen LogP contribution in [-0.4, -0.2) is 20.6 Å². The van der Waals surface area contributed by atoms with E-state index >= 15 is 0 Å². The molecule has 0 atom stereocenters. The first kappa shape index (κ1) is 16.0. The van der Waals surface area contributed by atoms with E-state index in [-0.39, 0.29) is 22.9 Å². The first-order chi connectivity index (χ1) is 10.9. The molecule has 3 rings (SSSR count). The zero-order chi connectivity index (χ0) is 16.4. The summed E-state index contributed by atoms with van der Waals surface area (Å²) in [5.41, 5.74) is 0.986. The average Bonchev–Trinajstić information content (AvgIpc) is 2.47. The van der Waals surface area contributed by atoms with Gasteiger partial charge in [-0.2, -0.15) is 8.42 Å². The van der Waals surface area contributed by atoms with Crippen LogP contribution in [0.15, 0.2) is 53.4 Å². The van der Waals surface area contributed by atoms with E-state index < -0.39 is 10.1 Å². The molecule has 0 saturated heterocycles. The molecule has 2 aromatic rings. The number of ether oxygens (including phenoxy) is 1. The lowest BCUT2D eigenvalue weighted by Gasteiger charge is -2.34. The first-order valence-electron chi connectivity index (χ1n) is 7.34. The van der Waals surface area contributed by atoms with Gasteiger partial charge in [-0.05, 0) is 43.3 Å². The van der Waals surface area contributed by atoms with Crippen molar-refractivity contribution in [2.24, 2.45) is 0 Å². The molecule has 0 heterocycles. The van der Waals surface area contributed by atoms with Gasteiger partial charge in [0.05, 0.1) is 11.0 Å². The van der Waals surface area contributed by atoms with E-state index in [1.165, 1.54) is 24.3 Å². The summed E-state index contributed by atoms with van der Waals surface area (Å²) in [4.78, 5) is 0.158. The van der Waals surface area contributed by atoms with E-state index in [4.69, 9.17) is 8.92 Å². The van der Waals surface area contributed by atoms with Gasteiger partial charge in [-0.25, -0.2) is 4.39 Å². The average molecular weight is 336 g/mol. The normalized spacial score (nSPS) is 20.8. The third kappa shape index (κ3) is 3.89. The number of hydrogen-bond acceptors (Lipinski definition) is 4. The van der Waals surface area contributed by atoms with Crippen LogP contribution >= 0.6 is 0 Å². The zero-order valence-corrected chi connectivity index (χ0v) is 13.4. The van der Waals surface area contributed by atoms with E-state index in [1.54, 1.807) is 24.3 Å². The quantitative estimate of drug-likeness (QED) is 0.785. The molecule has 0 N–H and O–H groups in total. The Bertz CT molecular complexity index is 763. The summed E-state index contributed by atoms with van der Waals surface area (Å²) in [6.45, 7) is 1.89. The highest BCUT2D eigenvalue weighted by molar-refractivity contribution is 7.86. The number of aryl methyl sites for hydroxylation is 1. The van der Waals surface area contributed by atoms with Gasteiger partial charge in [-0.3, -0.25) is 4.18 Å². The Morgan fingerprint density at radius 1 is 0.957 bits per heavy atom. The predicted molar refractivity (Wildman–Crippen MR) is 83.3 cm³/mol. The number of hydrogen-bond donors (Lipinski definition) is 0. The maximum atomic E-state index is 12.8. The molecule has 23 heavy (non-hydrogen) atoms. The van der Waals surface area contributed by atoms with Crippen LogP contribution in [0.1, 0.15) is 18.4 Å². The summed E-state index contributed by atoms with van der Waals surface area (Å²) in [5, 5.41) is 0. The Morgan fingerprint density at radius 3 is 2.17 bits per heavy atom. The molecule has 2 aromatic carbocycles. The monoisotopic (exact) mass is 336 g/mol. The van der Waals surface area contributed by atoms with Crippen molar-refractivity contribution >= 4 is 10.1 Å². The minimum atomic E-state index is -3.74. The Labute approximate surface area is 135 Å². The second-order valence-electron chi connectivity index (χ2n) is 5.65. The molecule has 0 amide bonds. The van der Waals surface area contributed by atoms with Gasteiger partial charge in [0.25, 0.3) is 10.1 Å². The van der Waals surface area contributed by atoms with Crippen LogP contribution in [0.5, 0.6) is 5.75 Å². The molecule has 0 radical (unpaired) electrons. The topological polar surface area (TPSA) is 52.6 Å². The molecule has 1 aliphatic carbocycles. The molecule has 0 unspecified atom stereocenters. The van der Waals surface area contributed by atoms with Crippen molar-refractivity contribution in [1.29, 1.82) is 0 Å². The van der Waals surface area contributed by atoms with Crippen molar-refractivity contribution in [3.05, 3.63) is 59.9 Å². The molecule has 122 valence electrons. The smallest absolute Gasteiger partial charge is 0.297 e. The fourth-order valence-corrected chi connectivity index (χ4v) is 3.43.